The van der Waals surface area contributed by atoms with Gasteiger partial charge in [-0.3, -0.25) is 9.59 Å². The minimum Gasteiger partial charge on any atom is -0.352 e. The molecule has 0 unspecified atom stereocenters. The SMILES string of the molecule is CC(=O)N1CCN(c2cnc(C(=O)NCC(C)C)cn2)CC1. The van der Waals surface area contributed by atoms with E-state index >= 15 is 0 Å². The van der Waals surface area contributed by atoms with Gasteiger partial charge in [0.15, 0.2) is 0 Å². The van der Waals surface area contributed by atoms with Gasteiger partial charge in [-0.2, -0.15) is 0 Å². The van der Waals surface area contributed by atoms with Crippen LogP contribution in [0.25, 0.3) is 0 Å². The Bertz CT molecular complexity index is 521. The van der Waals surface area contributed by atoms with Crippen LogP contribution in [0.15, 0.2) is 12.4 Å². The molecule has 0 radical (unpaired) electrons. The molecule has 1 fully saturated rings. The Labute approximate surface area is 130 Å². The zero-order valence-electron chi connectivity index (χ0n) is 13.4. The van der Waals surface area contributed by atoms with Gasteiger partial charge in [-0.15, -0.1) is 0 Å². The smallest absolute Gasteiger partial charge is 0.271 e. The van der Waals surface area contributed by atoms with Gasteiger partial charge in [0.2, 0.25) is 5.91 Å². The fraction of sp³-hybridized carbons (Fsp3) is 0.600. The summed E-state index contributed by atoms with van der Waals surface area (Å²) in [5, 5.41) is 2.82. The molecule has 22 heavy (non-hydrogen) atoms. The van der Waals surface area contributed by atoms with Crippen LogP contribution in [0.4, 0.5) is 5.82 Å². The Morgan fingerprint density at radius 3 is 2.36 bits per heavy atom. The van der Waals surface area contributed by atoms with Crippen LogP contribution in [-0.2, 0) is 4.79 Å². The molecule has 120 valence electrons. The van der Waals surface area contributed by atoms with Gasteiger partial charge in [-0.1, -0.05) is 13.8 Å². The molecule has 1 N–H and O–H groups in total. The Kier molecular flexibility index (Phi) is 5.30. The van der Waals surface area contributed by atoms with Crippen LogP contribution in [0.5, 0.6) is 0 Å². The first kappa shape index (κ1) is 16.2. The van der Waals surface area contributed by atoms with Gasteiger partial charge in [0.25, 0.3) is 5.91 Å². The van der Waals surface area contributed by atoms with Crippen LogP contribution in [0.3, 0.4) is 0 Å². The molecule has 0 aliphatic carbocycles. The molecule has 0 atom stereocenters. The van der Waals surface area contributed by atoms with Crippen molar-refractivity contribution in [3.8, 4) is 0 Å². The summed E-state index contributed by atoms with van der Waals surface area (Å²) in [4.78, 5) is 35.6. The molecular weight excluding hydrogens is 282 g/mol. The van der Waals surface area contributed by atoms with E-state index in [-0.39, 0.29) is 11.8 Å². The largest absolute Gasteiger partial charge is 0.352 e. The number of hydrogen-bond donors (Lipinski definition) is 1. The van der Waals surface area contributed by atoms with E-state index in [4.69, 9.17) is 0 Å². The van der Waals surface area contributed by atoms with E-state index in [2.05, 4.69) is 20.2 Å². The molecule has 7 nitrogen and oxygen atoms in total. The molecule has 1 aliphatic rings. The van der Waals surface area contributed by atoms with E-state index in [1.807, 2.05) is 18.7 Å². The number of amides is 2. The maximum Gasteiger partial charge on any atom is 0.271 e. The average molecular weight is 305 g/mol. The fourth-order valence-electron chi connectivity index (χ4n) is 2.24. The van der Waals surface area contributed by atoms with E-state index < -0.39 is 0 Å². The number of carbonyl (C=O) groups excluding carboxylic acids is 2. The second-order valence-corrected chi connectivity index (χ2v) is 5.86. The van der Waals surface area contributed by atoms with Crippen molar-refractivity contribution in [2.75, 3.05) is 37.6 Å². The summed E-state index contributed by atoms with van der Waals surface area (Å²) in [6.07, 6.45) is 3.12. The molecule has 2 rings (SSSR count). The van der Waals surface area contributed by atoms with Crippen LogP contribution in [0.1, 0.15) is 31.3 Å². The van der Waals surface area contributed by atoms with E-state index in [9.17, 15) is 9.59 Å². The molecule has 1 aromatic rings. The summed E-state index contributed by atoms with van der Waals surface area (Å²) < 4.78 is 0. The highest BCUT2D eigenvalue weighted by molar-refractivity contribution is 5.92. The van der Waals surface area contributed by atoms with Crippen LogP contribution < -0.4 is 10.2 Å². The normalized spacial score (nSPS) is 15.1. The van der Waals surface area contributed by atoms with Crippen LogP contribution in [0.2, 0.25) is 0 Å². The molecule has 0 aromatic carbocycles. The lowest BCUT2D eigenvalue weighted by atomic mass is 10.2. The Hall–Kier alpha value is -2.18. The molecule has 1 aromatic heterocycles. The fourth-order valence-corrected chi connectivity index (χ4v) is 2.24. The van der Waals surface area contributed by atoms with Crippen molar-refractivity contribution in [3.05, 3.63) is 18.1 Å². The second kappa shape index (κ2) is 7.20. The average Bonchev–Trinajstić information content (AvgIpc) is 2.53. The minimum atomic E-state index is -0.200. The first-order valence-electron chi connectivity index (χ1n) is 7.58. The predicted octanol–water partition coefficient (Wildman–Crippen LogP) is 0.531. The van der Waals surface area contributed by atoms with E-state index in [1.54, 1.807) is 13.1 Å². The van der Waals surface area contributed by atoms with Crippen molar-refractivity contribution in [1.29, 1.82) is 0 Å². The lowest BCUT2D eigenvalue weighted by Gasteiger charge is -2.34. The molecule has 2 heterocycles. The first-order chi connectivity index (χ1) is 10.5. The van der Waals surface area contributed by atoms with Gasteiger partial charge < -0.3 is 15.1 Å². The lowest BCUT2D eigenvalue weighted by molar-refractivity contribution is -0.129. The number of aromatic nitrogens is 2. The first-order valence-corrected chi connectivity index (χ1v) is 7.58. The van der Waals surface area contributed by atoms with Gasteiger partial charge in [0.05, 0.1) is 12.4 Å². The monoisotopic (exact) mass is 305 g/mol. The minimum absolute atomic E-state index is 0.0999. The van der Waals surface area contributed by atoms with Crippen molar-refractivity contribution < 1.29 is 9.59 Å². The number of nitrogens with zero attached hydrogens (tertiary/aromatic N) is 4. The van der Waals surface area contributed by atoms with Crippen molar-refractivity contribution in [1.82, 2.24) is 20.2 Å². The Morgan fingerprint density at radius 2 is 1.86 bits per heavy atom. The molecule has 1 aliphatic heterocycles. The van der Waals surface area contributed by atoms with E-state index in [0.29, 0.717) is 31.2 Å². The Balaban J connectivity index is 1.92. The molecule has 0 bridgehead atoms. The number of hydrogen-bond acceptors (Lipinski definition) is 5. The number of piperazine rings is 1. The van der Waals surface area contributed by atoms with Crippen molar-refractivity contribution in [2.45, 2.75) is 20.8 Å². The van der Waals surface area contributed by atoms with E-state index in [1.165, 1.54) is 6.20 Å². The number of anilines is 1. The molecule has 0 saturated carbocycles. The van der Waals surface area contributed by atoms with Crippen LogP contribution >= 0.6 is 0 Å². The maximum atomic E-state index is 11.9. The van der Waals surface area contributed by atoms with Gasteiger partial charge >= 0.3 is 0 Å². The standard InChI is InChI=1S/C15H23N5O2/c1-11(2)8-18-15(22)13-9-17-14(10-16-13)20-6-4-19(5-7-20)12(3)21/h9-11H,4-8H2,1-3H3,(H,18,22). The van der Waals surface area contributed by atoms with Gasteiger partial charge in [0, 0.05) is 39.6 Å². The van der Waals surface area contributed by atoms with Crippen LogP contribution in [0, 0.1) is 5.92 Å². The highest BCUT2D eigenvalue weighted by Crippen LogP contribution is 2.12. The lowest BCUT2D eigenvalue weighted by Crippen LogP contribution is -2.48. The predicted molar refractivity (Wildman–Crippen MR) is 83.7 cm³/mol. The quantitative estimate of drug-likeness (QED) is 0.878. The third-order valence-electron chi connectivity index (χ3n) is 3.59. The summed E-state index contributed by atoms with van der Waals surface area (Å²) in [5.41, 5.74) is 0.326. The summed E-state index contributed by atoms with van der Waals surface area (Å²) in [7, 11) is 0. The molecule has 0 spiro atoms. The number of rotatable bonds is 4. The summed E-state index contributed by atoms with van der Waals surface area (Å²) >= 11 is 0. The number of carbonyl (C=O) groups is 2. The summed E-state index contributed by atoms with van der Waals surface area (Å²) in [6.45, 7) is 9.11. The highest BCUT2D eigenvalue weighted by Gasteiger charge is 2.20. The molecule has 7 heteroatoms. The molecular formula is C15H23N5O2. The third-order valence-corrected chi connectivity index (χ3v) is 3.59. The van der Waals surface area contributed by atoms with E-state index in [0.717, 1.165) is 18.9 Å². The van der Waals surface area contributed by atoms with Crippen molar-refractivity contribution in [2.24, 2.45) is 5.92 Å². The topological polar surface area (TPSA) is 78.4 Å². The van der Waals surface area contributed by atoms with Crippen molar-refractivity contribution >= 4 is 17.6 Å². The third kappa shape index (κ3) is 4.16. The number of nitrogens with one attached hydrogen (secondary N) is 1. The zero-order chi connectivity index (χ0) is 16.1. The molecule has 1 saturated heterocycles. The molecule has 2 amide bonds. The Morgan fingerprint density at radius 1 is 1.18 bits per heavy atom. The van der Waals surface area contributed by atoms with Crippen molar-refractivity contribution in [3.63, 3.8) is 0 Å². The summed E-state index contributed by atoms with van der Waals surface area (Å²) in [5.74, 6) is 1.04. The highest BCUT2D eigenvalue weighted by atomic mass is 16.2. The summed E-state index contributed by atoms with van der Waals surface area (Å²) in [6, 6.07) is 0. The van der Waals surface area contributed by atoms with Gasteiger partial charge in [0.1, 0.15) is 11.5 Å². The maximum absolute atomic E-state index is 11.9. The van der Waals surface area contributed by atoms with Gasteiger partial charge in [-0.25, -0.2) is 9.97 Å². The zero-order valence-corrected chi connectivity index (χ0v) is 13.4. The second-order valence-electron chi connectivity index (χ2n) is 5.86. The van der Waals surface area contributed by atoms with Gasteiger partial charge in [-0.05, 0) is 5.92 Å². The van der Waals surface area contributed by atoms with Crippen LogP contribution in [-0.4, -0.2) is 59.4 Å².